The molecule has 0 amide bonds. The van der Waals surface area contributed by atoms with Gasteiger partial charge in [-0.3, -0.25) is 4.99 Å². The first-order valence-corrected chi connectivity index (χ1v) is 6.70. The lowest BCUT2D eigenvalue weighted by Crippen LogP contribution is -2.46. The van der Waals surface area contributed by atoms with E-state index in [1.54, 1.807) is 0 Å². The standard InChI is InChI=1S/C11H25N3S.HI/c1-7-9(2)14-10(12-5)13-8-11(3,4)15-6;/h9H,7-8H2,1-6H3,(H2,12,13,14);1H. The Morgan fingerprint density at radius 1 is 1.44 bits per heavy atom. The van der Waals surface area contributed by atoms with Crippen LogP contribution in [0, 0.1) is 0 Å². The van der Waals surface area contributed by atoms with Gasteiger partial charge < -0.3 is 10.6 Å². The van der Waals surface area contributed by atoms with E-state index in [2.05, 4.69) is 49.6 Å². The Hall–Kier alpha value is 0.350. The van der Waals surface area contributed by atoms with Crippen LogP contribution in [0.2, 0.25) is 0 Å². The van der Waals surface area contributed by atoms with E-state index in [1.807, 2.05) is 18.8 Å². The van der Waals surface area contributed by atoms with Crippen LogP contribution >= 0.6 is 35.7 Å². The summed E-state index contributed by atoms with van der Waals surface area (Å²) in [4.78, 5) is 4.20. The molecule has 0 saturated heterocycles. The number of nitrogens with one attached hydrogen (secondary N) is 2. The minimum absolute atomic E-state index is 0. The molecule has 0 aromatic heterocycles. The molecule has 0 aliphatic carbocycles. The quantitative estimate of drug-likeness (QED) is 0.450. The van der Waals surface area contributed by atoms with Crippen molar-refractivity contribution in [2.45, 2.75) is 44.9 Å². The minimum atomic E-state index is 0. The average Bonchev–Trinajstić information content (AvgIpc) is 2.23. The summed E-state index contributed by atoms with van der Waals surface area (Å²) in [6.45, 7) is 9.69. The van der Waals surface area contributed by atoms with E-state index < -0.39 is 0 Å². The molecule has 0 aliphatic heterocycles. The lowest BCUT2D eigenvalue weighted by atomic mass is 10.2. The highest BCUT2D eigenvalue weighted by Gasteiger charge is 2.16. The Morgan fingerprint density at radius 2 is 2.00 bits per heavy atom. The first-order chi connectivity index (χ1) is 6.95. The van der Waals surface area contributed by atoms with Crippen molar-refractivity contribution >= 4 is 41.7 Å². The SMILES string of the molecule is CCC(C)NC(=NC)NCC(C)(C)SC.I. The van der Waals surface area contributed by atoms with Gasteiger partial charge in [-0.2, -0.15) is 11.8 Å². The van der Waals surface area contributed by atoms with Gasteiger partial charge in [-0.25, -0.2) is 0 Å². The molecule has 98 valence electrons. The van der Waals surface area contributed by atoms with Crippen LogP contribution in [0.3, 0.4) is 0 Å². The first kappa shape index (κ1) is 18.7. The molecule has 0 fully saturated rings. The van der Waals surface area contributed by atoms with Crippen molar-refractivity contribution in [1.29, 1.82) is 0 Å². The molecule has 0 radical (unpaired) electrons. The molecule has 0 heterocycles. The van der Waals surface area contributed by atoms with Crippen molar-refractivity contribution in [3.63, 3.8) is 0 Å². The molecule has 0 saturated carbocycles. The van der Waals surface area contributed by atoms with Gasteiger partial charge in [-0.1, -0.05) is 6.92 Å². The third-order valence-corrected chi connectivity index (χ3v) is 3.70. The van der Waals surface area contributed by atoms with Gasteiger partial charge in [0.05, 0.1) is 0 Å². The van der Waals surface area contributed by atoms with Crippen LogP contribution in [0.5, 0.6) is 0 Å². The molecule has 0 aromatic carbocycles. The summed E-state index contributed by atoms with van der Waals surface area (Å²) in [5, 5.41) is 6.69. The molecule has 0 spiro atoms. The smallest absolute Gasteiger partial charge is 0.191 e. The van der Waals surface area contributed by atoms with Gasteiger partial charge in [-0.05, 0) is 33.4 Å². The van der Waals surface area contributed by atoms with E-state index in [9.17, 15) is 0 Å². The Bertz CT molecular complexity index is 207. The number of thioether (sulfide) groups is 1. The van der Waals surface area contributed by atoms with Crippen LogP contribution < -0.4 is 10.6 Å². The molecule has 3 nitrogen and oxygen atoms in total. The maximum Gasteiger partial charge on any atom is 0.191 e. The fourth-order valence-electron chi connectivity index (χ4n) is 0.899. The Labute approximate surface area is 122 Å². The van der Waals surface area contributed by atoms with Gasteiger partial charge >= 0.3 is 0 Å². The van der Waals surface area contributed by atoms with Gasteiger partial charge in [0.15, 0.2) is 5.96 Å². The predicted octanol–water partition coefficient (Wildman–Crippen LogP) is 2.71. The van der Waals surface area contributed by atoms with E-state index >= 15 is 0 Å². The van der Waals surface area contributed by atoms with E-state index in [-0.39, 0.29) is 28.7 Å². The Morgan fingerprint density at radius 3 is 2.38 bits per heavy atom. The zero-order valence-electron chi connectivity index (χ0n) is 11.3. The molecule has 2 N–H and O–H groups in total. The van der Waals surface area contributed by atoms with Crippen molar-refractivity contribution in [3.05, 3.63) is 0 Å². The Balaban J connectivity index is 0. The topological polar surface area (TPSA) is 36.4 Å². The minimum Gasteiger partial charge on any atom is -0.355 e. The summed E-state index contributed by atoms with van der Waals surface area (Å²) in [5.41, 5.74) is 0. The monoisotopic (exact) mass is 359 g/mol. The molecule has 0 aromatic rings. The summed E-state index contributed by atoms with van der Waals surface area (Å²) < 4.78 is 0.243. The molecule has 16 heavy (non-hydrogen) atoms. The number of hydrogen-bond donors (Lipinski definition) is 2. The maximum atomic E-state index is 4.20. The zero-order valence-corrected chi connectivity index (χ0v) is 14.4. The van der Waals surface area contributed by atoms with Crippen LogP contribution in [-0.2, 0) is 0 Å². The van der Waals surface area contributed by atoms with Crippen molar-refractivity contribution in [2.75, 3.05) is 19.8 Å². The number of aliphatic imine (C=N–C) groups is 1. The number of guanidine groups is 1. The second-order valence-corrected chi connectivity index (χ2v) is 5.86. The molecule has 1 unspecified atom stereocenters. The van der Waals surface area contributed by atoms with Gasteiger partial charge in [0.1, 0.15) is 0 Å². The number of rotatable bonds is 5. The third-order valence-electron chi connectivity index (χ3n) is 2.45. The van der Waals surface area contributed by atoms with E-state index in [1.165, 1.54) is 0 Å². The number of halogens is 1. The lowest BCUT2D eigenvalue weighted by molar-refractivity contribution is 0.607. The van der Waals surface area contributed by atoms with Crippen molar-refractivity contribution in [3.8, 4) is 0 Å². The highest BCUT2D eigenvalue weighted by molar-refractivity contribution is 14.0. The predicted molar refractivity (Wildman–Crippen MR) is 87.3 cm³/mol. The maximum absolute atomic E-state index is 4.20. The molecule has 0 bridgehead atoms. The van der Waals surface area contributed by atoms with Crippen LogP contribution in [-0.4, -0.2) is 36.6 Å². The fraction of sp³-hybridized carbons (Fsp3) is 0.909. The van der Waals surface area contributed by atoms with Crippen molar-refractivity contribution in [1.82, 2.24) is 10.6 Å². The fourth-order valence-corrected chi connectivity index (χ4v) is 1.12. The van der Waals surface area contributed by atoms with Crippen molar-refractivity contribution in [2.24, 2.45) is 4.99 Å². The van der Waals surface area contributed by atoms with E-state index in [0.29, 0.717) is 6.04 Å². The van der Waals surface area contributed by atoms with E-state index in [0.717, 1.165) is 18.9 Å². The molecule has 1 atom stereocenters. The van der Waals surface area contributed by atoms with Crippen LogP contribution in [0.25, 0.3) is 0 Å². The van der Waals surface area contributed by atoms with Crippen LogP contribution in [0.15, 0.2) is 4.99 Å². The summed E-state index contributed by atoms with van der Waals surface area (Å²) in [6, 6.07) is 0.466. The molecular weight excluding hydrogens is 333 g/mol. The molecule has 0 rings (SSSR count). The van der Waals surface area contributed by atoms with Crippen LogP contribution in [0.1, 0.15) is 34.1 Å². The highest BCUT2D eigenvalue weighted by Crippen LogP contribution is 2.19. The average molecular weight is 359 g/mol. The number of hydrogen-bond acceptors (Lipinski definition) is 2. The van der Waals surface area contributed by atoms with Gasteiger partial charge in [0, 0.05) is 24.4 Å². The summed E-state index contributed by atoms with van der Waals surface area (Å²) in [7, 11) is 1.81. The molecule has 0 aliphatic rings. The van der Waals surface area contributed by atoms with E-state index in [4.69, 9.17) is 0 Å². The largest absolute Gasteiger partial charge is 0.355 e. The van der Waals surface area contributed by atoms with Crippen molar-refractivity contribution < 1.29 is 0 Å². The summed E-state index contributed by atoms with van der Waals surface area (Å²) in [5.74, 6) is 0.895. The first-order valence-electron chi connectivity index (χ1n) is 5.47. The lowest BCUT2D eigenvalue weighted by Gasteiger charge is -2.24. The molecule has 5 heteroatoms. The Kier molecular flexibility index (Phi) is 11.0. The zero-order chi connectivity index (χ0) is 11.9. The third kappa shape index (κ3) is 8.50. The van der Waals surface area contributed by atoms with Crippen LogP contribution in [0.4, 0.5) is 0 Å². The summed E-state index contributed by atoms with van der Waals surface area (Å²) in [6.07, 6.45) is 3.24. The van der Waals surface area contributed by atoms with Gasteiger partial charge in [0.2, 0.25) is 0 Å². The second kappa shape index (κ2) is 9.39. The normalized spacial score (nSPS) is 14.0. The second-order valence-electron chi connectivity index (χ2n) is 4.34. The number of nitrogens with zero attached hydrogens (tertiary/aromatic N) is 1. The molecular formula is C11H26IN3S. The summed E-state index contributed by atoms with van der Waals surface area (Å²) >= 11 is 1.86. The van der Waals surface area contributed by atoms with Gasteiger partial charge in [0.25, 0.3) is 0 Å². The highest BCUT2D eigenvalue weighted by atomic mass is 127. The van der Waals surface area contributed by atoms with Gasteiger partial charge in [-0.15, -0.1) is 24.0 Å².